The van der Waals surface area contributed by atoms with Gasteiger partial charge in [-0.2, -0.15) is 0 Å². The van der Waals surface area contributed by atoms with Gasteiger partial charge in [0.1, 0.15) is 5.75 Å². The number of aliphatic imine (C=N–C) groups is 1. The Kier molecular flexibility index (Phi) is 8.66. The lowest BCUT2D eigenvalue weighted by Gasteiger charge is -2.31. The number of benzene rings is 4. The minimum absolute atomic E-state index is 0.00842. The zero-order chi connectivity index (χ0) is 29.5. The predicted octanol–water partition coefficient (Wildman–Crippen LogP) is 6.09. The molecule has 43 heavy (non-hydrogen) atoms. The zero-order valence-electron chi connectivity index (χ0n) is 24.1. The van der Waals surface area contributed by atoms with Gasteiger partial charge in [0.15, 0.2) is 11.6 Å². The molecule has 1 amide bonds. The van der Waals surface area contributed by atoms with Gasteiger partial charge in [-0.15, -0.1) is 0 Å². The fourth-order valence-corrected chi connectivity index (χ4v) is 5.85. The Labute approximate surface area is 252 Å². The van der Waals surface area contributed by atoms with Crippen molar-refractivity contribution in [1.29, 1.82) is 0 Å². The van der Waals surface area contributed by atoms with Crippen LogP contribution in [0.5, 0.6) is 5.75 Å². The second-order valence-corrected chi connectivity index (χ2v) is 11.1. The van der Waals surface area contributed by atoms with Gasteiger partial charge in [0.05, 0.1) is 6.61 Å². The van der Waals surface area contributed by atoms with Crippen LogP contribution < -0.4 is 10.1 Å². The van der Waals surface area contributed by atoms with E-state index < -0.39 is 11.6 Å². The van der Waals surface area contributed by atoms with Crippen LogP contribution in [-0.2, 0) is 22.4 Å². The number of amides is 1. The fraction of sp³-hybridized carbons (Fsp3) is 0.243. The summed E-state index contributed by atoms with van der Waals surface area (Å²) in [4.78, 5) is 19.6. The number of rotatable bonds is 11. The van der Waals surface area contributed by atoms with Crippen LogP contribution >= 0.6 is 0 Å². The molecule has 6 nitrogen and oxygen atoms in total. The molecule has 0 spiro atoms. The van der Waals surface area contributed by atoms with Crippen molar-refractivity contribution in [3.05, 3.63) is 143 Å². The minimum atomic E-state index is -1.22. The van der Waals surface area contributed by atoms with Gasteiger partial charge in [-0.25, -0.2) is 4.99 Å². The molecule has 4 aromatic carbocycles. The van der Waals surface area contributed by atoms with Gasteiger partial charge < -0.3 is 19.9 Å². The van der Waals surface area contributed by atoms with E-state index in [2.05, 4.69) is 29.6 Å². The molecule has 6 rings (SSSR count). The maximum absolute atomic E-state index is 14.5. The Morgan fingerprint density at radius 2 is 1.56 bits per heavy atom. The number of aliphatic hydroxyl groups is 1. The Balaban J connectivity index is 1.35. The first-order valence-electron chi connectivity index (χ1n) is 14.9. The van der Waals surface area contributed by atoms with Crippen LogP contribution in [0.15, 0.2) is 120 Å². The molecule has 1 aliphatic heterocycles. The molecule has 6 heteroatoms. The Bertz CT molecular complexity index is 1560. The van der Waals surface area contributed by atoms with Gasteiger partial charge in [0, 0.05) is 31.1 Å². The molecule has 1 heterocycles. The van der Waals surface area contributed by atoms with E-state index in [1.807, 2.05) is 97.1 Å². The summed E-state index contributed by atoms with van der Waals surface area (Å²) in [6, 6.07) is 35.8. The average molecular weight is 573 g/mol. The van der Waals surface area contributed by atoms with Gasteiger partial charge >= 0.3 is 0 Å². The molecule has 0 fully saturated rings. The van der Waals surface area contributed by atoms with E-state index in [0.717, 1.165) is 29.5 Å². The molecule has 0 saturated heterocycles. The number of nitrogens with zero attached hydrogens (tertiary/aromatic N) is 1. The quantitative estimate of drug-likeness (QED) is 0.213. The molecule has 0 bridgehead atoms. The highest BCUT2D eigenvalue weighted by Gasteiger charge is 2.53. The molecule has 0 radical (unpaired) electrons. The first kappa shape index (κ1) is 28.4. The van der Waals surface area contributed by atoms with Crippen molar-refractivity contribution in [3.63, 3.8) is 0 Å². The molecular weight excluding hydrogens is 536 g/mol. The van der Waals surface area contributed by atoms with Gasteiger partial charge in [0.25, 0.3) is 5.91 Å². The summed E-state index contributed by atoms with van der Waals surface area (Å²) < 4.78 is 12.3. The monoisotopic (exact) mass is 572 g/mol. The SMILES string of the molecule is O=C(NC1Cc2ccccc2C1)[C@]1(C/C=C/c2ccccc2)N=C(c2ccc(OCCCO)cc2)O[C@@H]1c1ccccc1. The van der Waals surface area contributed by atoms with Crippen LogP contribution in [0.1, 0.15) is 46.8 Å². The van der Waals surface area contributed by atoms with Crippen LogP contribution in [0.25, 0.3) is 6.08 Å². The van der Waals surface area contributed by atoms with Gasteiger partial charge in [0.2, 0.25) is 5.90 Å². The summed E-state index contributed by atoms with van der Waals surface area (Å²) in [6.45, 7) is 0.519. The third kappa shape index (κ3) is 6.40. The average Bonchev–Trinajstić information content (AvgIpc) is 3.64. The van der Waals surface area contributed by atoms with Crippen LogP contribution in [0.2, 0.25) is 0 Å². The highest BCUT2D eigenvalue weighted by atomic mass is 16.5. The predicted molar refractivity (Wildman–Crippen MR) is 169 cm³/mol. The Hall–Kier alpha value is -4.68. The standard InChI is InChI=1S/C37H36N2O4/c40-23-10-24-42-33-20-18-29(19-21-33)35-39-37(22-9-13-27-11-3-1-4-12-27,34(43-35)28-14-5-2-6-15-28)36(41)38-32-25-30-16-7-8-17-31(30)26-32/h1-9,11-21,32,34,40H,10,22-26H2,(H,38,41)/b13-9+/t34-,37-/m1/s1. The molecule has 0 aromatic heterocycles. The van der Waals surface area contributed by atoms with Gasteiger partial charge in [-0.3, -0.25) is 4.79 Å². The summed E-state index contributed by atoms with van der Waals surface area (Å²) in [5, 5.41) is 12.4. The minimum Gasteiger partial charge on any atom is -0.494 e. The van der Waals surface area contributed by atoms with Crippen molar-refractivity contribution in [1.82, 2.24) is 5.32 Å². The van der Waals surface area contributed by atoms with E-state index in [0.29, 0.717) is 31.1 Å². The second kappa shape index (κ2) is 13.1. The van der Waals surface area contributed by atoms with Crippen molar-refractivity contribution < 1.29 is 19.4 Å². The smallest absolute Gasteiger partial charge is 0.252 e. The van der Waals surface area contributed by atoms with E-state index in [1.54, 1.807) is 0 Å². The molecule has 1 aliphatic carbocycles. The van der Waals surface area contributed by atoms with Crippen LogP contribution in [0, 0.1) is 0 Å². The van der Waals surface area contributed by atoms with Crippen molar-refractivity contribution in [3.8, 4) is 5.75 Å². The van der Waals surface area contributed by atoms with E-state index >= 15 is 0 Å². The molecule has 4 aromatic rings. The highest BCUT2D eigenvalue weighted by molar-refractivity contribution is 6.01. The molecule has 0 saturated carbocycles. The fourth-order valence-electron chi connectivity index (χ4n) is 5.85. The van der Waals surface area contributed by atoms with Crippen molar-refractivity contribution >= 4 is 17.9 Å². The number of fused-ring (bicyclic) bond motifs is 1. The Morgan fingerprint density at radius 1 is 0.907 bits per heavy atom. The maximum Gasteiger partial charge on any atom is 0.252 e. The number of ether oxygens (including phenoxy) is 2. The van der Waals surface area contributed by atoms with Crippen molar-refractivity contribution in [2.75, 3.05) is 13.2 Å². The summed E-state index contributed by atoms with van der Waals surface area (Å²) in [5.74, 6) is 0.982. The zero-order valence-corrected chi connectivity index (χ0v) is 24.1. The largest absolute Gasteiger partial charge is 0.494 e. The third-order valence-corrected chi connectivity index (χ3v) is 8.06. The lowest BCUT2D eigenvalue weighted by atomic mass is 9.84. The molecule has 2 aliphatic rings. The van der Waals surface area contributed by atoms with Gasteiger partial charge in [-0.05, 0) is 59.4 Å². The molecule has 218 valence electrons. The maximum atomic E-state index is 14.5. The summed E-state index contributed by atoms with van der Waals surface area (Å²) in [6.07, 6.45) is 5.96. The summed E-state index contributed by atoms with van der Waals surface area (Å²) in [5.41, 5.74) is 4.05. The first-order valence-corrected chi connectivity index (χ1v) is 14.9. The van der Waals surface area contributed by atoms with Crippen molar-refractivity contribution in [2.24, 2.45) is 4.99 Å². The highest BCUT2D eigenvalue weighted by Crippen LogP contribution is 2.43. The number of nitrogens with one attached hydrogen (secondary N) is 1. The normalized spacial score (nSPS) is 19.6. The number of carbonyl (C=O) groups excluding carboxylic acids is 1. The Morgan fingerprint density at radius 3 is 2.23 bits per heavy atom. The topological polar surface area (TPSA) is 80.2 Å². The van der Waals surface area contributed by atoms with E-state index in [-0.39, 0.29) is 18.6 Å². The lowest BCUT2D eigenvalue weighted by Crippen LogP contribution is -2.51. The van der Waals surface area contributed by atoms with Crippen LogP contribution in [0.4, 0.5) is 0 Å². The van der Waals surface area contributed by atoms with E-state index in [9.17, 15) is 4.79 Å². The third-order valence-electron chi connectivity index (χ3n) is 8.06. The second-order valence-electron chi connectivity index (χ2n) is 11.1. The molecule has 0 unspecified atom stereocenters. The number of aliphatic hydroxyl groups excluding tert-OH is 1. The van der Waals surface area contributed by atoms with Crippen molar-refractivity contribution in [2.45, 2.75) is 43.4 Å². The van der Waals surface area contributed by atoms with E-state index in [4.69, 9.17) is 19.6 Å². The molecule has 2 N–H and O–H groups in total. The number of hydrogen-bond donors (Lipinski definition) is 2. The summed E-state index contributed by atoms with van der Waals surface area (Å²) >= 11 is 0. The number of hydrogen-bond acceptors (Lipinski definition) is 5. The van der Waals surface area contributed by atoms with Crippen LogP contribution in [-0.4, -0.2) is 41.7 Å². The summed E-state index contributed by atoms with van der Waals surface area (Å²) in [7, 11) is 0. The number of carbonyl (C=O) groups is 1. The first-order chi connectivity index (χ1) is 21.1. The van der Waals surface area contributed by atoms with E-state index in [1.165, 1.54) is 11.1 Å². The lowest BCUT2D eigenvalue weighted by molar-refractivity contribution is -0.129. The van der Waals surface area contributed by atoms with Crippen LogP contribution in [0.3, 0.4) is 0 Å². The van der Waals surface area contributed by atoms with Gasteiger partial charge in [-0.1, -0.05) is 97.1 Å². The molecule has 2 atom stereocenters. The molecular formula is C37H36N2O4.